The van der Waals surface area contributed by atoms with E-state index in [2.05, 4.69) is 15.1 Å². The molecule has 0 aliphatic carbocycles. The second-order valence-electron chi connectivity index (χ2n) is 8.30. The molecule has 0 saturated carbocycles. The van der Waals surface area contributed by atoms with Crippen molar-refractivity contribution in [3.63, 3.8) is 0 Å². The van der Waals surface area contributed by atoms with E-state index in [-0.39, 0.29) is 49.3 Å². The summed E-state index contributed by atoms with van der Waals surface area (Å²) in [6, 6.07) is -2.24. The van der Waals surface area contributed by atoms with Crippen molar-refractivity contribution in [1.29, 1.82) is 0 Å². The predicted molar refractivity (Wildman–Crippen MR) is 105 cm³/mol. The van der Waals surface area contributed by atoms with Gasteiger partial charge in [0.1, 0.15) is 12.6 Å². The topological polar surface area (TPSA) is 89.5 Å². The zero-order chi connectivity index (χ0) is 23.2. The predicted octanol–water partition coefficient (Wildman–Crippen LogP) is 2.46. The number of fused-ring (bicyclic) bond motifs is 1. The van der Waals surface area contributed by atoms with Crippen molar-refractivity contribution in [3.8, 4) is 0 Å². The summed E-state index contributed by atoms with van der Waals surface area (Å²) in [6.45, 7) is 5.52. The molecule has 1 saturated heterocycles. The molecule has 4 heterocycles. The highest BCUT2D eigenvalue weighted by molar-refractivity contribution is 5.48. The van der Waals surface area contributed by atoms with Crippen molar-refractivity contribution >= 4 is 11.8 Å². The Balaban J connectivity index is 1.80. The minimum absolute atomic E-state index is 0.0451. The van der Waals surface area contributed by atoms with Gasteiger partial charge >= 0.3 is 6.18 Å². The van der Waals surface area contributed by atoms with E-state index in [0.29, 0.717) is 12.4 Å². The third-order valence-corrected chi connectivity index (χ3v) is 5.66. The highest BCUT2D eigenvalue weighted by atomic mass is 19.4. The molecule has 0 N–H and O–H groups in total. The molecule has 2 atom stereocenters. The van der Waals surface area contributed by atoms with Gasteiger partial charge in [-0.15, -0.1) is 0 Å². The molecule has 2 aliphatic heterocycles. The number of morpholine rings is 1. The average Bonchev–Trinajstić information content (AvgIpc) is 3.20. The van der Waals surface area contributed by atoms with Crippen LogP contribution in [0.4, 0.5) is 29.3 Å². The molecule has 2 aromatic rings. The molecule has 2 aliphatic rings. The summed E-state index contributed by atoms with van der Waals surface area (Å²) in [5, 5.41) is 3.79. The maximum Gasteiger partial charge on any atom is 0.408 e. The zero-order valence-electron chi connectivity index (χ0n) is 17.9. The molecule has 0 aromatic carbocycles. The summed E-state index contributed by atoms with van der Waals surface area (Å²) < 4.78 is 68.1. The van der Waals surface area contributed by atoms with E-state index in [1.807, 2.05) is 13.8 Å². The number of ether oxygens (including phenoxy) is 1. The Morgan fingerprint density at radius 1 is 1.22 bits per heavy atom. The van der Waals surface area contributed by atoms with Crippen LogP contribution in [0.3, 0.4) is 0 Å². The van der Waals surface area contributed by atoms with Gasteiger partial charge in [0.05, 0.1) is 19.3 Å². The molecule has 9 nitrogen and oxygen atoms in total. The molecule has 0 bridgehead atoms. The lowest BCUT2D eigenvalue weighted by molar-refractivity contribution is -0.153. The lowest BCUT2D eigenvalue weighted by Crippen LogP contribution is -2.53. The third-order valence-electron chi connectivity index (χ3n) is 5.66. The van der Waals surface area contributed by atoms with Crippen LogP contribution >= 0.6 is 0 Å². The van der Waals surface area contributed by atoms with Crippen LogP contribution in [0.25, 0.3) is 0 Å². The van der Waals surface area contributed by atoms with E-state index in [9.17, 15) is 22.4 Å². The number of hydrogen-bond acceptors (Lipinski definition) is 8. The number of alkyl halides is 3. The zero-order valence-corrected chi connectivity index (χ0v) is 17.9. The number of halogens is 4. The quantitative estimate of drug-likeness (QED) is 0.643. The highest BCUT2D eigenvalue weighted by Gasteiger charge is 2.48. The Morgan fingerprint density at radius 3 is 2.59 bits per heavy atom. The molecular weight excluding hydrogens is 436 g/mol. The number of hydrogen-bond donors (Lipinski definition) is 0. The van der Waals surface area contributed by atoms with Gasteiger partial charge in [-0.2, -0.15) is 27.5 Å². The Kier molecular flexibility index (Phi) is 5.86. The Morgan fingerprint density at radius 2 is 1.97 bits per heavy atom. The van der Waals surface area contributed by atoms with Crippen molar-refractivity contribution in [2.24, 2.45) is 0 Å². The molecule has 4 rings (SSSR count). The second kappa shape index (κ2) is 8.34. The van der Waals surface area contributed by atoms with Crippen LogP contribution in [0, 0.1) is 5.82 Å². The van der Waals surface area contributed by atoms with Crippen LogP contribution in [0.5, 0.6) is 0 Å². The first-order chi connectivity index (χ1) is 15.1. The summed E-state index contributed by atoms with van der Waals surface area (Å²) in [6.07, 6.45) is -5.04. The van der Waals surface area contributed by atoms with Crippen LogP contribution in [0.1, 0.15) is 44.8 Å². The molecule has 0 spiro atoms. The van der Waals surface area contributed by atoms with Crippen molar-refractivity contribution < 1.29 is 26.8 Å². The lowest BCUT2D eigenvalue weighted by atomic mass is 10.1. The highest BCUT2D eigenvalue weighted by Crippen LogP contribution is 2.36. The summed E-state index contributed by atoms with van der Waals surface area (Å²) in [7, 11) is 0. The van der Waals surface area contributed by atoms with Gasteiger partial charge in [-0.3, -0.25) is 9.36 Å². The summed E-state index contributed by atoms with van der Waals surface area (Å²) in [4.78, 5) is 23.6. The van der Waals surface area contributed by atoms with E-state index in [1.54, 1.807) is 11.8 Å². The summed E-state index contributed by atoms with van der Waals surface area (Å²) in [5.41, 5.74) is -1.01. The van der Waals surface area contributed by atoms with Gasteiger partial charge in [0.2, 0.25) is 17.7 Å². The van der Waals surface area contributed by atoms with E-state index < -0.39 is 36.6 Å². The lowest BCUT2D eigenvalue weighted by Gasteiger charge is -2.40. The van der Waals surface area contributed by atoms with Gasteiger partial charge in [-0.05, 0) is 13.3 Å². The summed E-state index contributed by atoms with van der Waals surface area (Å²) in [5.74, 6) is -1.41. The van der Waals surface area contributed by atoms with Crippen LogP contribution < -0.4 is 15.4 Å². The van der Waals surface area contributed by atoms with Crippen LogP contribution in [-0.2, 0) is 17.8 Å². The number of aromatic nitrogens is 4. The fraction of sp³-hybridized carbons (Fsp3) is 0.684. The summed E-state index contributed by atoms with van der Waals surface area (Å²) >= 11 is 0. The molecule has 0 radical (unpaired) electrons. The Bertz CT molecular complexity index is 1040. The van der Waals surface area contributed by atoms with Gasteiger partial charge in [0.15, 0.2) is 11.6 Å². The third kappa shape index (κ3) is 4.05. The Labute approximate surface area is 181 Å². The molecule has 32 heavy (non-hydrogen) atoms. The molecule has 176 valence electrons. The molecule has 0 unspecified atom stereocenters. The molecule has 2 aromatic heterocycles. The van der Waals surface area contributed by atoms with Crippen molar-refractivity contribution in [3.05, 3.63) is 27.9 Å². The van der Waals surface area contributed by atoms with Crippen molar-refractivity contribution in [2.45, 2.75) is 64.5 Å². The van der Waals surface area contributed by atoms with Gasteiger partial charge in [-0.1, -0.05) is 19.0 Å². The van der Waals surface area contributed by atoms with E-state index in [1.165, 1.54) is 0 Å². The molecule has 13 heteroatoms. The first kappa shape index (κ1) is 22.5. The molecule has 0 amide bonds. The monoisotopic (exact) mass is 460 g/mol. The smallest absolute Gasteiger partial charge is 0.377 e. The van der Waals surface area contributed by atoms with Crippen LogP contribution in [0.15, 0.2) is 9.32 Å². The van der Waals surface area contributed by atoms with Gasteiger partial charge in [0, 0.05) is 19.0 Å². The van der Waals surface area contributed by atoms with Gasteiger partial charge < -0.3 is 19.1 Å². The largest absolute Gasteiger partial charge is 0.408 e. The first-order valence-electron chi connectivity index (χ1n) is 10.4. The molecular formula is C19H24F4N6O3. The fourth-order valence-electron chi connectivity index (χ4n) is 3.94. The van der Waals surface area contributed by atoms with E-state index in [0.717, 1.165) is 9.47 Å². The average molecular weight is 460 g/mol. The SMILES string of the molecule is CC(C)c1noc(CN2c3nc(N4CCOC[C@H]4C)c(F)c(=O)n3CC[C@H]2C(F)(F)F)n1. The minimum atomic E-state index is -4.61. The van der Waals surface area contributed by atoms with Gasteiger partial charge in [0.25, 0.3) is 5.56 Å². The number of nitrogens with zero attached hydrogens (tertiary/aromatic N) is 6. The molecule has 1 fully saturated rings. The first-order valence-corrected chi connectivity index (χ1v) is 10.4. The number of rotatable bonds is 4. The number of anilines is 2. The standard InChI is InChI=1S/C19H24F4N6O3/c1-10(2)15-24-13(32-26-15)8-29-12(19(21,22)23)4-5-28-17(30)14(20)16(25-18(28)29)27-6-7-31-9-11(27)3/h10-12H,4-9H2,1-3H3/t11-,12+/m1/s1. The van der Waals surface area contributed by atoms with Crippen molar-refractivity contribution in [1.82, 2.24) is 19.7 Å². The minimum Gasteiger partial charge on any atom is -0.377 e. The van der Waals surface area contributed by atoms with E-state index >= 15 is 0 Å². The second-order valence-corrected chi connectivity index (χ2v) is 8.30. The normalized spacial score (nSPS) is 21.9. The van der Waals surface area contributed by atoms with Gasteiger partial charge in [-0.25, -0.2) is 0 Å². The van der Waals surface area contributed by atoms with Crippen LogP contribution in [0.2, 0.25) is 0 Å². The van der Waals surface area contributed by atoms with Crippen LogP contribution in [-0.4, -0.2) is 57.7 Å². The fourth-order valence-corrected chi connectivity index (χ4v) is 3.94. The Hall–Kier alpha value is -2.70. The maximum atomic E-state index is 15.0. The van der Waals surface area contributed by atoms with Crippen molar-refractivity contribution in [2.75, 3.05) is 29.6 Å². The maximum absolute atomic E-state index is 15.0. The van der Waals surface area contributed by atoms with E-state index in [4.69, 9.17) is 9.26 Å².